The van der Waals surface area contributed by atoms with Crippen molar-refractivity contribution in [3.05, 3.63) is 92.4 Å². The van der Waals surface area contributed by atoms with Crippen LogP contribution < -0.4 is 9.47 Å². The molecule has 0 aliphatic rings. The molecule has 32 heavy (non-hydrogen) atoms. The molecule has 0 amide bonds. The van der Waals surface area contributed by atoms with Gasteiger partial charge in [-0.3, -0.25) is 0 Å². The molecule has 0 aromatic heterocycles. The van der Waals surface area contributed by atoms with Gasteiger partial charge in [0.25, 0.3) is 0 Å². The molecule has 1 N–H and O–H groups in total. The molecule has 3 rings (SSSR count). The summed E-state index contributed by atoms with van der Waals surface area (Å²) in [6.07, 6.45) is 1.00. The summed E-state index contributed by atoms with van der Waals surface area (Å²) in [6, 6.07) is 23.0. The highest BCUT2D eigenvalue weighted by atomic mass is 79.9. The Balaban J connectivity index is 0.00000176. The number of hydrogen-bond acceptors (Lipinski definition) is 5. The molecule has 0 saturated carbocycles. The first-order valence-corrected chi connectivity index (χ1v) is 12.6. The van der Waals surface area contributed by atoms with Gasteiger partial charge in [-0.15, -0.1) is 0 Å². The normalized spacial score (nSPS) is 10.5. The molecule has 3 aromatic rings. The molecular weight excluding hydrogens is 554 g/mol. The lowest BCUT2D eigenvalue weighted by molar-refractivity contribution is 0.399. The predicted octanol–water partition coefficient (Wildman–Crippen LogP) is 6.73. The zero-order valence-electron chi connectivity index (χ0n) is 18.6. The third-order valence-corrected chi connectivity index (χ3v) is 6.94. The fourth-order valence-electron chi connectivity index (χ4n) is 3.03. The van der Waals surface area contributed by atoms with Crippen LogP contribution >= 0.6 is 43.8 Å². The van der Waals surface area contributed by atoms with E-state index in [2.05, 4.69) is 78.6 Å². The zero-order valence-corrected chi connectivity index (χ0v) is 22.5. The maximum Gasteiger partial charge on any atom is 0.118 e. The highest BCUT2D eigenvalue weighted by Gasteiger charge is 2.10. The van der Waals surface area contributed by atoms with Gasteiger partial charge >= 0.3 is 0 Å². The fraction of sp³-hybridized carbons (Fsp3) is 0.280. The molecule has 172 valence electrons. The van der Waals surface area contributed by atoms with Gasteiger partial charge in [-0.25, -0.2) is 4.31 Å². The smallest absolute Gasteiger partial charge is 0.118 e. The zero-order chi connectivity index (χ0) is 23.3. The molecule has 0 fully saturated rings. The monoisotopic (exact) mass is 581 g/mol. The predicted molar refractivity (Wildman–Crippen MR) is 141 cm³/mol. The van der Waals surface area contributed by atoms with E-state index in [1.165, 1.54) is 16.7 Å². The van der Waals surface area contributed by atoms with Crippen molar-refractivity contribution in [3.8, 4) is 11.5 Å². The number of ether oxygens (including phenoxy) is 2. The number of aryl methyl sites for hydroxylation is 1. The van der Waals surface area contributed by atoms with Crippen molar-refractivity contribution >= 4 is 43.8 Å². The van der Waals surface area contributed by atoms with Crippen LogP contribution in [0.5, 0.6) is 11.5 Å². The van der Waals surface area contributed by atoms with Gasteiger partial charge in [0.1, 0.15) is 11.5 Å². The lowest BCUT2D eigenvalue weighted by Crippen LogP contribution is -2.16. The van der Waals surface area contributed by atoms with E-state index in [0.29, 0.717) is 0 Å². The highest BCUT2D eigenvalue weighted by Crippen LogP contribution is 2.26. The minimum absolute atomic E-state index is 0.863. The van der Waals surface area contributed by atoms with Crippen LogP contribution in [-0.2, 0) is 19.5 Å². The van der Waals surface area contributed by atoms with E-state index in [-0.39, 0.29) is 0 Å². The van der Waals surface area contributed by atoms with Crippen LogP contribution in [0.2, 0.25) is 0 Å². The van der Waals surface area contributed by atoms with Crippen LogP contribution in [0, 0.1) is 0 Å². The van der Waals surface area contributed by atoms with Crippen LogP contribution in [0.25, 0.3) is 0 Å². The second-order valence-electron chi connectivity index (χ2n) is 6.81. The lowest BCUT2D eigenvalue weighted by atomic mass is 10.2. The van der Waals surface area contributed by atoms with Gasteiger partial charge < -0.3 is 14.6 Å². The number of methoxy groups -OCH3 is 2. The fourth-order valence-corrected chi connectivity index (χ4v) is 5.32. The van der Waals surface area contributed by atoms with Gasteiger partial charge in [-0.1, -0.05) is 74.1 Å². The molecule has 0 saturated heterocycles. The van der Waals surface area contributed by atoms with E-state index >= 15 is 0 Å². The topological polar surface area (TPSA) is 41.9 Å². The molecule has 0 bridgehead atoms. The maximum atomic E-state index is 7.00. The Kier molecular flexibility index (Phi) is 12.2. The summed E-state index contributed by atoms with van der Waals surface area (Å²) >= 11 is 9.07. The molecule has 4 nitrogen and oxygen atoms in total. The SMILES string of the molecule is CO.COc1ccc(CN(Cc2ccc(OC)cc2)SCCc2ccc(Br)cc2Br)cc1. The molecule has 0 atom stereocenters. The van der Waals surface area contributed by atoms with Crippen LogP contribution in [0.15, 0.2) is 75.7 Å². The number of nitrogens with zero attached hydrogens (tertiary/aromatic N) is 1. The standard InChI is InChI=1S/C24H25Br2NO2S.CH4O/c1-28-22-9-3-18(4-10-22)16-27(17-19-5-11-23(29-2)12-6-19)30-14-13-20-7-8-21(25)15-24(20)26;1-2/h3-12,15H,13-14,16-17H2,1-2H3;2H,1H3. The first-order valence-electron chi connectivity index (χ1n) is 10.1. The molecule has 0 aliphatic carbocycles. The van der Waals surface area contributed by atoms with Crippen molar-refractivity contribution < 1.29 is 14.6 Å². The van der Waals surface area contributed by atoms with Gasteiger partial charge in [0, 0.05) is 34.9 Å². The highest BCUT2D eigenvalue weighted by molar-refractivity contribution is 9.11. The van der Waals surface area contributed by atoms with Crippen LogP contribution in [0.1, 0.15) is 16.7 Å². The van der Waals surface area contributed by atoms with Crippen LogP contribution in [0.4, 0.5) is 0 Å². The molecule has 7 heteroatoms. The number of aliphatic hydroxyl groups is 1. The third kappa shape index (κ3) is 8.79. The van der Waals surface area contributed by atoms with E-state index < -0.39 is 0 Å². The Morgan fingerprint density at radius 1 is 0.781 bits per heavy atom. The summed E-state index contributed by atoms with van der Waals surface area (Å²) in [6.45, 7) is 1.73. The van der Waals surface area contributed by atoms with Gasteiger partial charge in [-0.05, 0) is 59.5 Å². The molecule has 0 radical (unpaired) electrons. The second-order valence-corrected chi connectivity index (χ2v) is 9.77. The van der Waals surface area contributed by atoms with E-state index in [9.17, 15) is 0 Å². The quantitative estimate of drug-likeness (QED) is 0.268. The van der Waals surface area contributed by atoms with Gasteiger partial charge in [0.15, 0.2) is 0 Å². The number of rotatable bonds is 10. The largest absolute Gasteiger partial charge is 0.497 e. The molecule has 0 unspecified atom stereocenters. The average molecular weight is 583 g/mol. The van der Waals surface area contributed by atoms with Crippen molar-refractivity contribution in [1.82, 2.24) is 4.31 Å². The summed E-state index contributed by atoms with van der Waals surface area (Å²) in [4.78, 5) is 0. The van der Waals surface area contributed by atoms with Crippen molar-refractivity contribution in [2.45, 2.75) is 19.5 Å². The Bertz CT molecular complexity index is 887. The van der Waals surface area contributed by atoms with Crippen molar-refractivity contribution in [3.63, 3.8) is 0 Å². The van der Waals surface area contributed by atoms with Crippen molar-refractivity contribution in [2.24, 2.45) is 0 Å². The van der Waals surface area contributed by atoms with Crippen molar-refractivity contribution in [2.75, 3.05) is 27.1 Å². The number of aliphatic hydroxyl groups excluding tert-OH is 1. The van der Waals surface area contributed by atoms with E-state index in [0.717, 1.165) is 52.8 Å². The van der Waals surface area contributed by atoms with E-state index in [1.54, 1.807) is 14.2 Å². The Morgan fingerprint density at radius 2 is 1.28 bits per heavy atom. The lowest BCUT2D eigenvalue weighted by Gasteiger charge is -2.22. The molecule has 0 spiro atoms. The average Bonchev–Trinajstić information content (AvgIpc) is 2.82. The number of halogens is 2. The summed E-state index contributed by atoms with van der Waals surface area (Å²) in [5.74, 6) is 2.77. The Morgan fingerprint density at radius 3 is 1.72 bits per heavy atom. The second kappa shape index (κ2) is 14.6. The van der Waals surface area contributed by atoms with Gasteiger partial charge in [-0.2, -0.15) is 0 Å². The van der Waals surface area contributed by atoms with Crippen LogP contribution in [-0.4, -0.2) is 36.5 Å². The summed E-state index contributed by atoms with van der Waals surface area (Å²) < 4.78 is 15.2. The summed E-state index contributed by atoms with van der Waals surface area (Å²) in [7, 11) is 4.39. The first-order chi connectivity index (χ1) is 15.6. The molecular formula is C25H29Br2NO3S. The minimum atomic E-state index is 0.863. The van der Waals surface area contributed by atoms with Gasteiger partial charge in [0.2, 0.25) is 0 Å². The maximum absolute atomic E-state index is 7.00. The van der Waals surface area contributed by atoms with E-state index in [1.807, 2.05) is 36.2 Å². The van der Waals surface area contributed by atoms with Gasteiger partial charge in [0.05, 0.1) is 14.2 Å². The first kappa shape index (κ1) is 26.7. The molecule has 0 heterocycles. The van der Waals surface area contributed by atoms with Crippen LogP contribution in [0.3, 0.4) is 0 Å². The Hall–Kier alpha value is -1.51. The molecule has 3 aromatic carbocycles. The van der Waals surface area contributed by atoms with E-state index in [4.69, 9.17) is 14.6 Å². The minimum Gasteiger partial charge on any atom is -0.497 e. The number of benzene rings is 3. The summed E-state index contributed by atoms with van der Waals surface area (Å²) in [5.41, 5.74) is 3.85. The summed E-state index contributed by atoms with van der Waals surface area (Å²) in [5, 5.41) is 7.00. The third-order valence-electron chi connectivity index (χ3n) is 4.70. The molecule has 0 aliphatic heterocycles. The number of hydrogen-bond donors (Lipinski definition) is 1. The van der Waals surface area contributed by atoms with Crippen molar-refractivity contribution in [1.29, 1.82) is 0 Å². The Labute approximate surface area is 212 Å².